The molecule has 1 aliphatic heterocycles. The summed E-state index contributed by atoms with van der Waals surface area (Å²) in [4.78, 5) is 14.8. The van der Waals surface area contributed by atoms with Crippen molar-refractivity contribution in [3.05, 3.63) is 52.8 Å². The molecule has 1 N–H and O–H groups in total. The molecule has 0 spiro atoms. The van der Waals surface area contributed by atoms with Crippen molar-refractivity contribution in [1.82, 2.24) is 20.0 Å². The van der Waals surface area contributed by atoms with Gasteiger partial charge in [-0.25, -0.2) is 0 Å². The van der Waals surface area contributed by atoms with Gasteiger partial charge in [-0.2, -0.15) is 5.10 Å². The van der Waals surface area contributed by atoms with Gasteiger partial charge in [0, 0.05) is 12.7 Å². The molecule has 6 heteroatoms. The average Bonchev–Trinajstić information content (AvgIpc) is 2.94. The summed E-state index contributed by atoms with van der Waals surface area (Å²) in [6, 6.07) is 10.6. The monoisotopic (exact) mass is 360 g/mol. The van der Waals surface area contributed by atoms with E-state index >= 15 is 0 Å². The van der Waals surface area contributed by atoms with Crippen molar-refractivity contribution >= 4 is 17.5 Å². The number of aromatic nitrogens is 2. The minimum absolute atomic E-state index is 0.0443. The van der Waals surface area contributed by atoms with Gasteiger partial charge in [-0.3, -0.25) is 14.4 Å². The van der Waals surface area contributed by atoms with E-state index in [1.165, 1.54) is 24.8 Å². The molecule has 0 radical (unpaired) electrons. The number of amides is 1. The number of nitrogens with one attached hydrogen (secondary N) is 1. The third-order valence-electron chi connectivity index (χ3n) is 4.70. The first kappa shape index (κ1) is 18.0. The summed E-state index contributed by atoms with van der Waals surface area (Å²) < 4.78 is 1.59. The van der Waals surface area contributed by atoms with E-state index in [2.05, 4.69) is 39.6 Å². The second kappa shape index (κ2) is 8.50. The fourth-order valence-electron chi connectivity index (χ4n) is 3.35. The number of hydrogen-bond donors (Lipinski definition) is 1. The Balaban J connectivity index is 1.62. The largest absolute Gasteiger partial charge is 0.353 e. The lowest BCUT2D eigenvalue weighted by molar-refractivity contribution is -0.122. The average molecular weight is 361 g/mol. The van der Waals surface area contributed by atoms with Gasteiger partial charge in [0.25, 0.3) is 0 Å². The predicted molar refractivity (Wildman–Crippen MR) is 99.6 cm³/mol. The maximum atomic E-state index is 12.3. The maximum absolute atomic E-state index is 12.3. The molecule has 1 saturated heterocycles. The maximum Gasteiger partial charge on any atom is 0.241 e. The highest BCUT2D eigenvalue weighted by atomic mass is 35.5. The SMILES string of the molecule is Cc1nn(CC(=O)NCC(c2ccccc2)N2CCCCC2)cc1Cl. The van der Waals surface area contributed by atoms with Crippen LogP contribution in [0, 0.1) is 6.92 Å². The Morgan fingerprint density at radius 3 is 2.60 bits per heavy atom. The summed E-state index contributed by atoms with van der Waals surface area (Å²) in [7, 11) is 0. The Morgan fingerprint density at radius 1 is 1.24 bits per heavy atom. The molecule has 134 valence electrons. The van der Waals surface area contributed by atoms with Crippen LogP contribution in [0.3, 0.4) is 0 Å². The molecular weight excluding hydrogens is 336 g/mol. The number of nitrogens with zero attached hydrogens (tertiary/aromatic N) is 3. The van der Waals surface area contributed by atoms with Crippen LogP contribution in [0.5, 0.6) is 0 Å². The number of carbonyl (C=O) groups excluding carboxylic acids is 1. The highest BCUT2D eigenvalue weighted by Crippen LogP contribution is 2.24. The number of halogens is 1. The zero-order valence-corrected chi connectivity index (χ0v) is 15.4. The van der Waals surface area contributed by atoms with E-state index in [1.54, 1.807) is 10.9 Å². The molecule has 1 aromatic carbocycles. The van der Waals surface area contributed by atoms with Gasteiger partial charge in [0.15, 0.2) is 0 Å². The fourth-order valence-corrected chi connectivity index (χ4v) is 3.50. The first-order chi connectivity index (χ1) is 12.1. The summed E-state index contributed by atoms with van der Waals surface area (Å²) in [5.74, 6) is -0.0443. The number of aryl methyl sites for hydroxylation is 1. The van der Waals surface area contributed by atoms with Crippen LogP contribution in [0.2, 0.25) is 5.02 Å². The lowest BCUT2D eigenvalue weighted by Crippen LogP contribution is -2.41. The van der Waals surface area contributed by atoms with Gasteiger partial charge in [-0.1, -0.05) is 48.4 Å². The third-order valence-corrected chi connectivity index (χ3v) is 5.07. The quantitative estimate of drug-likeness (QED) is 0.860. The Morgan fingerprint density at radius 2 is 1.96 bits per heavy atom. The van der Waals surface area contributed by atoms with Crippen molar-refractivity contribution in [1.29, 1.82) is 0 Å². The predicted octanol–water partition coefficient (Wildman–Crippen LogP) is 3.19. The van der Waals surface area contributed by atoms with Crippen LogP contribution in [-0.4, -0.2) is 40.2 Å². The van der Waals surface area contributed by atoms with Crippen LogP contribution in [0.4, 0.5) is 0 Å². The molecule has 3 rings (SSSR count). The van der Waals surface area contributed by atoms with E-state index in [-0.39, 0.29) is 18.5 Å². The van der Waals surface area contributed by atoms with Gasteiger partial charge >= 0.3 is 0 Å². The van der Waals surface area contributed by atoms with Crippen LogP contribution in [0.15, 0.2) is 36.5 Å². The number of piperidine rings is 1. The number of rotatable bonds is 6. The third kappa shape index (κ3) is 4.83. The van der Waals surface area contributed by atoms with Gasteiger partial charge in [0.2, 0.25) is 5.91 Å². The molecular formula is C19H25ClN4O. The zero-order valence-electron chi connectivity index (χ0n) is 14.6. The summed E-state index contributed by atoms with van der Waals surface area (Å²) in [5.41, 5.74) is 1.99. The van der Waals surface area contributed by atoms with E-state index in [0.29, 0.717) is 11.6 Å². The van der Waals surface area contributed by atoms with Crippen molar-refractivity contribution < 1.29 is 4.79 Å². The molecule has 1 aliphatic rings. The van der Waals surface area contributed by atoms with Gasteiger partial charge in [-0.15, -0.1) is 0 Å². The van der Waals surface area contributed by atoms with Crippen molar-refractivity contribution in [2.45, 2.75) is 38.8 Å². The smallest absolute Gasteiger partial charge is 0.241 e. The number of likely N-dealkylation sites (tertiary alicyclic amines) is 1. The number of benzene rings is 1. The Kier molecular flexibility index (Phi) is 6.10. The summed E-state index contributed by atoms with van der Waals surface area (Å²) in [6.45, 7) is 4.80. The molecule has 2 aromatic rings. The van der Waals surface area contributed by atoms with Crippen LogP contribution in [0.25, 0.3) is 0 Å². The van der Waals surface area contributed by atoms with Gasteiger partial charge in [-0.05, 0) is 38.4 Å². The van der Waals surface area contributed by atoms with E-state index in [1.807, 2.05) is 13.0 Å². The Hall–Kier alpha value is -1.85. The second-order valence-corrected chi connectivity index (χ2v) is 6.99. The fraction of sp³-hybridized carbons (Fsp3) is 0.474. The van der Waals surface area contributed by atoms with Crippen molar-refractivity contribution in [3.8, 4) is 0 Å². The Labute approximate surface area is 154 Å². The molecule has 25 heavy (non-hydrogen) atoms. The normalized spacial score (nSPS) is 16.6. The van der Waals surface area contributed by atoms with Crippen LogP contribution >= 0.6 is 11.6 Å². The molecule has 1 atom stereocenters. The summed E-state index contributed by atoms with van der Waals surface area (Å²) in [5, 5.41) is 7.90. The van der Waals surface area contributed by atoms with Crippen molar-refractivity contribution in [2.24, 2.45) is 0 Å². The van der Waals surface area contributed by atoms with E-state index in [9.17, 15) is 4.79 Å². The van der Waals surface area contributed by atoms with E-state index < -0.39 is 0 Å². The van der Waals surface area contributed by atoms with Gasteiger partial charge in [0.1, 0.15) is 6.54 Å². The number of hydrogen-bond acceptors (Lipinski definition) is 3. The minimum atomic E-state index is -0.0443. The first-order valence-corrected chi connectivity index (χ1v) is 9.26. The molecule has 0 saturated carbocycles. The molecule has 1 aromatic heterocycles. The molecule has 0 bridgehead atoms. The van der Waals surface area contributed by atoms with E-state index in [0.717, 1.165) is 18.8 Å². The summed E-state index contributed by atoms with van der Waals surface area (Å²) >= 11 is 6.00. The lowest BCUT2D eigenvalue weighted by atomic mass is 10.0. The van der Waals surface area contributed by atoms with Crippen molar-refractivity contribution in [2.75, 3.05) is 19.6 Å². The van der Waals surface area contributed by atoms with Crippen LogP contribution in [-0.2, 0) is 11.3 Å². The topological polar surface area (TPSA) is 50.2 Å². The molecule has 1 unspecified atom stereocenters. The standard InChI is InChI=1S/C19H25ClN4O/c1-15-17(20)13-24(22-15)14-19(25)21-12-18(16-8-4-2-5-9-16)23-10-6-3-7-11-23/h2,4-5,8-9,13,18H,3,6-7,10-12,14H2,1H3,(H,21,25). The highest BCUT2D eigenvalue weighted by Gasteiger charge is 2.22. The Bertz CT molecular complexity index is 675. The van der Waals surface area contributed by atoms with Gasteiger partial charge in [0.05, 0.1) is 16.8 Å². The highest BCUT2D eigenvalue weighted by molar-refractivity contribution is 6.31. The number of carbonyl (C=O) groups is 1. The van der Waals surface area contributed by atoms with E-state index in [4.69, 9.17) is 11.6 Å². The first-order valence-electron chi connectivity index (χ1n) is 8.89. The molecule has 0 aliphatic carbocycles. The molecule has 1 amide bonds. The second-order valence-electron chi connectivity index (χ2n) is 6.59. The summed E-state index contributed by atoms with van der Waals surface area (Å²) in [6.07, 6.45) is 5.43. The van der Waals surface area contributed by atoms with Crippen molar-refractivity contribution in [3.63, 3.8) is 0 Å². The van der Waals surface area contributed by atoms with Gasteiger partial charge < -0.3 is 5.32 Å². The zero-order chi connectivity index (χ0) is 17.6. The molecule has 1 fully saturated rings. The molecule has 2 heterocycles. The lowest BCUT2D eigenvalue weighted by Gasteiger charge is -2.35. The molecule has 5 nitrogen and oxygen atoms in total. The van der Waals surface area contributed by atoms with Crippen LogP contribution in [0.1, 0.15) is 36.6 Å². The minimum Gasteiger partial charge on any atom is -0.353 e. The van der Waals surface area contributed by atoms with Crippen LogP contribution < -0.4 is 5.32 Å².